The Morgan fingerprint density at radius 2 is 0.768 bits per heavy atom. The average molecular weight is 1330 g/mol. The van der Waals surface area contributed by atoms with Crippen LogP contribution >= 0.6 is 0 Å². The second-order valence-electron chi connectivity index (χ2n) is 25.0. The van der Waals surface area contributed by atoms with Gasteiger partial charge in [-0.15, -0.1) is 0 Å². The van der Waals surface area contributed by atoms with E-state index in [-0.39, 0.29) is 29.3 Å². The van der Waals surface area contributed by atoms with Gasteiger partial charge in [-0.05, 0) is 96.9 Å². The number of amides is 2. The van der Waals surface area contributed by atoms with Gasteiger partial charge >= 0.3 is 0 Å². The first-order valence-electron chi connectivity index (χ1n) is 33.9. The van der Waals surface area contributed by atoms with Crippen LogP contribution in [0.2, 0.25) is 0 Å². The van der Waals surface area contributed by atoms with Crippen molar-refractivity contribution < 1.29 is 28.2 Å². The van der Waals surface area contributed by atoms with E-state index >= 15 is 0 Å². The molecule has 3 aliphatic carbocycles. The quantitative estimate of drug-likeness (QED) is 0.0685. The molecule has 9 heterocycles. The average Bonchev–Trinajstić information content (AvgIpc) is 1.68. The van der Waals surface area contributed by atoms with E-state index in [2.05, 4.69) is 164 Å². The second-order valence-corrected chi connectivity index (χ2v) is 25.0. The molecule has 3 aromatic carbocycles. The molecular weight excluding hydrogens is 1250 g/mol. The van der Waals surface area contributed by atoms with E-state index in [1.807, 2.05) is 43.1 Å². The summed E-state index contributed by atoms with van der Waals surface area (Å²) in [7, 11) is 0. The topological polar surface area (TPSA) is 224 Å². The van der Waals surface area contributed by atoms with Crippen LogP contribution in [0.3, 0.4) is 0 Å². The van der Waals surface area contributed by atoms with Gasteiger partial charge in [0.05, 0.1) is 98.1 Å². The fourth-order valence-corrected chi connectivity index (χ4v) is 12.8. The Labute approximate surface area is 576 Å². The largest absolute Gasteiger partial charge is 0.382 e. The summed E-state index contributed by atoms with van der Waals surface area (Å²) >= 11 is 0. The van der Waals surface area contributed by atoms with Crippen LogP contribution in [0.15, 0.2) is 172 Å². The first-order valence-corrected chi connectivity index (χ1v) is 33.9. The predicted octanol–water partition coefficient (Wildman–Crippen LogP) is 9.59. The second kappa shape index (κ2) is 32.1. The lowest BCUT2D eigenvalue weighted by Crippen LogP contribution is -2.36. The Hall–Kier alpha value is -10.7. The van der Waals surface area contributed by atoms with Crippen molar-refractivity contribution in [2.45, 2.75) is 52.4 Å². The maximum absolute atomic E-state index is 13.0. The normalized spacial score (nSPS) is 15.2. The highest BCUT2D eigenvalue weighted by Gasteiger charge is 2.25. The van der Waals surface area contributed by atoms with Crippen molar-refractivity contribution in [2.24, 2.45) is 0 Å². The number of hydrogen-bond donors (Lipinski definition) is 3. The smallest absolute Gasteiger partial charge is 0.289 e. The molecule has 3 fully saturated rings. The minimum Gasteiger partial charge on any atom is -0.382 e. The summed E-state index contributed by atoms with van der Waals surface area (Å²) in [5.74, 6) is 0.191. The summed E-state index contributed by atoms with van der Waals surface area (Å²) in [4.78, 5) is 72.3. The molecule has 20 nitrogen and oxygen atoms in total. The number of morpholine rings is 3. The summed E-state index contributed by atoms with van der Waals surface area (Å²) in [5.41, 5.74) is 22.5. The van der Waals surface area contributed by atoms with Gasteiger partial charge in [-0.2, -0.15) is 0 Å². The number of benzene rings is 3. The molecule has 2 amide bonds. The number of fused-ring (bicyclic) bond motifs is 3. The van der Waals surface area contributed by atoms with Crippen molar-refractivity contribution in [1.29, 1.82) is 0 Å². The van der Waals surface area contributed by atoms with Crippen molar-refractivity contribution in [2.75, 3.05) is 113 Å². The van der Waals surface area contributed by atoms with E-state index in [4.69, 9.17) is 19.2 Å². The molecule has 0 atom stereocenters. The van der Waals surface area contributed by atoms with Gasteiger partial charge in [0.1, 0.15) is 5.82 Å². The van der Waals surface area contributed by atoms with E-state index in [9.17, 15) is 14.0 Å². The first kappa shape index (κ1) is 66.9. The first-order chi connectivity index (χ1) is 48.5. The van der Waals surface area contributed by atoms with Crippen LogP contribution in [-0.2, 0) is 52.7 Å². The van der Waals surface area contributed by atoms with Crippen LogP contribution < -0.4 is 30.7 Å². The molecule has 15 rings (SSSR count). The number of aryl methyl sites for hydroxylation is 2. The Kier molecular flexibility index (Phi) is 21.7. The highest BCUT2D eigenvalue weighted by molar-refractivity contribution is 5.92. The zero-order valence-corrected chi connectivity index (χ0v) is 55.9. The summed E-state index contributed by atoms with van der Waals surface area (Å²) in [6.07, 6.45) is 27.6. The monoisotopic (exact) mass is 1330 g/mol. The van der Waals surface area contributed by atoms with E-state index in [1.165, 1.54) is 34.4 Å². The number of aromatic nitrogens is 9. The number of nitrogens with one attached hydrogen (secondary N) is 3. The van der Waals surface area contributed by atoms with Crippen LogP contribution in [0.1, 0.15) is 105 Å². The number of carbonyl (C=O) groups excluding carboxylic acids is 2. The molecule has 99 heavy (non-hydrogen) atoms. The minimum atomic E-state index is -0.258. The third-order valence-corrected chi connectivity index (χ3v) is 18.2. The van der Waals surface area contributed by atoms with Gasteiger partial charge in [-0.25, -0.2) is 34.3 Å². The standard InChI is InChI=1S/C26H26FN5O.2C26H27N5O2/c1-18(28-9-8-19-2-4-21(27)5-3-19)26-30-15-20(16-31-26)23-6-7-25-24(23)14-22(17-29-25)32-10-12-33-13-11-32;2*1-18-3-2-4-19(13-18)7-8-27-26(32)25-29-15-20(16-30-25)22-5-6-24-23(22)14-21(17-28-24)31-9-11-33-12-10-31/h2-6,14-17,28H,1,7-13H2;2*2-5,13-17H,6-12H2,1H3,(H,27,32). The molecule has 21 heteroatoms. The number of ether oxygens (including phenoxy) is 3. The van der Waals surface area contributed by atoms with E-state index in [1.54, 1.807) is 36.9 Å². The van der Waals surface area contributed by atoms with Crippen LogP contribution in [-0.4, -0.2) is 155 Å². The van der Waals surface area contributed by atoms with Crippen molar-refractivity contribution >= 4 is 51.3 Å². The highest BCUT2D eigenvalue weighted by atomic mass is 19.1. The molecule has 3 N–H and O–H groups in total. The summed E-state index contributed by atoms with van der Waals surface area (Å²) in [5, 5.41) is 9.08. The van der Waals surface area contributed by atoms with Gasteiger partial charge in [-0.3, -0.25) is 24.5 Å². The number of carbonyl (C=O) groups is 2. The highest BCUT2D eigenvalue weighted by Crippen LogP contribution is 2.37. The number of halogens is 1. The zero-order chi connectivity index (χ0) is 67.9. The van der Waals surface area contributed by atoms with Crippen molar-refractivity contribution in [3.63, 3.8) is 0 Å². The van der Waals surface area contributed by atoms with Gasteiger partial charge in [0.25, 0.3) is 11.8 Å². The lowest BCUT2D eigenvalue weighted by Gasteiger charge is -2.29. The maximum atomic E-state index is 13.0. The Morgan fingerprint density at radius 1 is 0.424 bits per heavy atom. The van der Waals surface area contributed by atoms with Crippen LogP contribution in [0.5, 0.6) is 0 Å². The molecular formula is C78H80FN15O5. The van der Waals surface area contributed by atoms with Crippen LogP contribution in [0.4, 0.5) is 21.5 Å². The number of rotatable bonds is 19. The molecule has 6 aliphatic rings. The van der Waals surface area contributed by atoms with Crippen LogP contribution in [0, 0.1) is 19.7 Å². The van der Waals surface area contributed by atoms with Crippen molar-refractivity contribution in [1.82, 2.24) is 60.8 Å². The molecule has 0 spiro atoms. The third kappa shape index (κ3) is 17.0. The summed E-state index contributed by atoms with van der Waals surface area (Å²) in [6, 6.07) is 29.7. The van der Waals surface area contributed by atoms with Crippen LogP contribution in [0.25, 0.3) is 22.4 Å². The lowest BCUT2D eigenvalue weighted by atomic mass is 10.0. The molecule has 9 aromatic rings. The van der Waals surface area contributed by atoms with E-state index in [0.29, 0.717) is 31.2 Å². The van der Waals surface area contributed by atoms with Gasteiger partial charge in [0.15, 0.2) is 5.82 Å². The van der Waals surface area contributed by atoms with E-state index in [0.717, 1.165) is 207 Å². The van der Waals surface area contributed by atoms with Crippen molar-refractivity contribution in [3.8, 4) is 0 Å². The lowest BCUT2D eigenvalue weighted by molar-refractivity contribution is 0.0935. The molecule has 6 aromatic heterocycles. The minimum absolute atomic E-state index is 0.182. The predicted molar refractivity (Wildman–Crippen MR) is 382 cm³/mol. The zero-order valence-electron chi connectivity index (χ0n) is 55.9. The molecule has 0 unspecified atom stereocenters. The fourth-order valence-electron chi connectivity index (χ4n) is 12.8. The van der Waals surface area contributed by atoms with Crippen molar-refractivity contribution in [3.05, 3.63) is 273 Å². The fraction of sp³-hybridized carbons (Fsp3) is 0.295. The number of nitrogens with zero attached hydrogens (tertiary/aromatic N) is 12. The number of anilines is 3. The van der Waals surface area contributed by atoms with E-state index < -0.39 is 0 Å². The number of pyridine rings is 3. The summed E-state index contributed by atoms with van der Waals surface area (Å²) < 4.78 is 29.4. The van der Waals surface area contributed by atoms with Gasteiger partial charge in [-0.1, -0.05) is 96.6 Å². The molecule has 0 radical (unpaired) electrons. The molecule has 504 valence electrons. The van der Waals surface area contributed by atoms with Gasteiger partial charge in [0.2, 0.25) is 11.6 Å². The molecule has 3 saturated heterocycles. The molecule has 0 saturated carbocycles. The summed E-state index contributed by atoms with van der Waals surface area (Å²) in [6.45, 7) is 19.6. The Bertz CT molecular complexity index is 4250. The molecule has 3 aliphatic heterocycles. The van der Waals surface area contributed by atoms with Gasteiger partial charge < -0.3 is 44.9 Å². The maximum Gasteiger partial charge on any atom is 0.289 e. The molecule has 0 bridgehead atoms. The third-order valence-electron chi connectivity index (χ3n) is 18.2. The number of hydrogen-bond acceptors (Lipinski definition) is 18. The Balaban J connectivity index is 0.000000133. The Morgan fingerprint density at radius 3 is 1.13 bits per heavy atom. The number of allylic oxidation sites excluding steroid dienone is 3. The van der Waals surface area contributed by atoms with Gasteiger partial charge in [0, 0.05) is 149 Å². The SMILES string of the molecule is C=C(NCCc1ccc(F)cc1)c1ncc(C2=CCc3ncc(N4CCOCC4)cc32)cn1.Cc1cccc(CCNC(=O)c2ncc(C3=CCc4ncc(N5CCOCC5)cc43)cn2)c1.Cc1cccc(CCNC(=O)c2ncc(C3=CCc4ncc(N5CCOCC5)cc43)cn2)c1.